The number of benzene rings is 3. The average molecular weight is 425 g/mol. The van der Waals surface area contributed by atoms with Crippen LogP contribution >= 0.6 is 0 Å². The minimum absolute atomic E-state index is 0.0536. The van der Waals surface area contributed by atoms with Crippen LogP contribution in [0.1, 0.15) is 24.1 Å². The first-order chi connectivity index (χ1) is 15.7. The van der Waals surface area contributed by atoms with E-state index in [-0.39, 0.29) is 24.2 Å². The van der Waals surface area contributed by atoms with Gasteiger partial charge in [0.05, 0.1) is 34.4 Å². The third-order valence-corrected chi connectivity index (χ3v) is 5.76. The molecule has 32 heavy (non-hydrogen) atoms. The molecule has 160 valence electrons. The molecule has 0 saturated carbocycles. The van der Waals surface area contributed by atoms with Crippen LogP contribution in [0.5, 0.6) is 0 Å². The molecule has 0 unspecified atom stereocenters. The maximum atomic E-state index is 13.2. The average Bonchev–Trinajstić information content (AvgIpc) is 3.40. The molecule has 2 N–H and O–H groups in total. The van der Waals surface area contributed by atoms with Crippen LogP contribution in [0.3, 0.4) is 0 Å². The van der Waals surface area contributed by atoms with Crippen molar-refractivity contribution in [2.24, 2.45) is 0 Å². The smallest absolute Gasteiger partial charge is 0.329 e. The number of carbonyl (C=O) groups is 1. The van der Waals surface area contributed by atoms with E-state index in [0.29, 0.717) is 6.54 Å². The van der Waals surface area contributed by atoms with E-state index in [9.17, 15) is 9.59 Å². The summed E-state index contributed by atoms with van der Waals surface area (Å²) in [6.07, 6.45) is 1.65. The first-order valence-electron chi connectivity index (χ1n) is 10.6. The number of aromatic amines is 1. The molecule has 1 atom stereocenters. The molecule has 0 aliphatic heterocycles. The van der Waals surface area contributed by atoms with Crippen molar-refractivity contribution < 1.29 is 4.79 Å². The lowest BCUT2D eigenvalue weighted by atomic mass is 9.98. The highest BCUT2D eigenvalue weighted by molar-refractivity contribution is 5.82. The Morgan fingerprint density at radius 2 is 1.69 bits per heavy atom. The summed E-state index contributed by atoms with van der Waals surface area (Å²) in [6, 6.07) is 22.9. The van der Waals surface area contributed by atoms with Crippen LogP contribution in [0.4, 0.5) is 0 Å². The zero-order chi connectivity index (χ0) is 22.1. The number of nitrogens with zero attached hydrogens (tertiary/aromatic N) is 3. The van der Waals surface area contributed by atoms with Crippen LogP contribution in [0.2, 0.25) is 0 Å². The number of aryl methyl sites for hydroxylation is 1. The quantitative estimate of drug-likeness (QED) is 0.436. The molecule has 0 saturated heterocycles. The zero-order valence-corrected chi connectivity index (χ0v) is 17.7. The predicted molar refractivity (Wildman–Crippen MR) is 124 cm³/mol. The van der Waals surface area contributed by atoms with Gasteiger partial charge in [0.2, 0.25) is 5.91 Å². The Hall–Kier alpha value is -4.13. The fraction of sp³-hybridized carbons (Fsp3) is 0.160. The molecule has 5 aromatic rings. The van der Waals surface area contributed by atoms with Gasteiger partial charge in [-0.2, -0.15) is 0 Å². The minimum Gasteiger partial charge on any atom is -0.345 e. The predicted octanol–water partition coefficient (Wildman–Crippen LogP) is 3.61. The Labute approximate surface area is 184 Å². The highest BCUT2D eigenvalue weighted by Crippen LogP contribution is 2.25. The number of H-pyrrole nitrogens is 1. The molecule has 0 aliphatic rings. The van der Waals surface area contributed by atoms with Crippen LogP contribution in [0, 0.1) is 0 Å². The normalized spacial score (nSPS) is 12.3. The van der Waals surface area contributed by atoms with Crippen molar-refractivity contribution in [2.75, 3.05) is 0 Å². The molecule has 0 radical (unpaired) electrons. The van der Waals surface area contributed by atoms with Crippen molar-refractivity contribution in [2.45, 2.75) is 26.1 Å². The molecule has 2 heterocycles. The van der Waals surface area contributed by atoms with E-state index >= 15 is 0 Å². The second-order valence-electron chi connectivity index (χ2n) is 7.69. The fourth-order valence-corrected chi connectivity index (χ4v) is 4.22. The van der Waals surface area contributed by atoms with Gasteiger partial charge in [-0.25, -0.2) is 9.78 Å². The summed E-state index contributed by atoms with van der Waals surface area (Å²) < 4.78 is 3.22. The van der Waals surface area contributed by atoms with E-state index in [1.165, 1.54) is 4.57 Å². The van der Waals surface area contributed by atoms with Crippen LogP contribution in [-0.4, -0.2) is 25.0 Å². The standard InChI is InChI=1S/C25H23N5O2/c1-2-29-21-10-6-7-11-22(21)30(25(29)32)15-23(31)28-24(17-8-4-3-5-9-17)18-12-13-19-20(14-18)27-16-26-19/h3-14,16,24H,2,15H2,1H3,(H,26,27)(H,28,31)/t24-/m0/s1. The lowest BCUT2D eigenvalue weighted by Crippen LogP contribution is -2.35. The van der Waals surface area contributed by atoms with Crippen molar-refractivity contribution in [1.82, 2.24) is 24.4 Å². The van der Waals surface area contributed by atoms with Gasteiger partial charge in [0.1, 0.15) is 6.54 Å². The summed E-state index contributed by atoms with van der Waals surface area (Å²) in [7, 11) is 0. The molecular weight excluding hydrogens is 402 g/mol. The lowest BCUT2D eigenvalue weighted by molar-refractivity contribution is -0.122. The molecule has 0 spiro atoms. The number of amides is 1. The van der Waals surface area contributed by atoms with Crippen molar-refractivity contribution in [3.05, 3.63) is 101 Å². The number of nitrogens with one attached hydrogen (secondary N) is 2. The number of fused-ring (bicyclic) bond motifs is 2. The van der Waals surface area contributed by atoms with E-state index in [4.69, 9.17) is 0 Å². The molecule has 5 rings (SSSR count). The lowest BCUT2D eigenvalue weighted by Gasteiger charge is -2.20. The van der Waals surface area contributed by atoms with Gasteiger partial charge >= 0.3 is 5.69 Å². The van der Waals surface area contributed by atoms with E-state index in [2.05, 4.69) is 15.3 Å². The summed E-state index contributed by atoms with van der Waals surface area (Å²) in [5.41, 5.74) is 5.07. The molecule has 2 aromatic heterocycles. The van der Waals surface area contributed by atoms with Gasteiger partial charge in [-0.3, -0.25) is 13.9 Å². The highest BCUT2D eigenvalue weighted by atomic mass is 16.2. The van der Waals surface area contributed by atoms with Gasteiger partial charge in [-0.05, 0) is 42.3 Å². The molecule has 0 bridgehead atoms. The van der Waals surface area contributed by atoms with Crippen LogP contribution in [0.25, 0.3) is 22.1 Å². The zero-order valence-electron chi connectivity index (χ0n) is 17.7. The molecular formula is C25H23N5O2. The summed E-state index contributed by atoms with van der Waals surface area (Å²) >= 11 is 0. The monoisotopic (exact) mass is 425 g/mol. The third-order valence-electron chi connectivity index (χ3n) is 5.76. The first-order valence-corrected chi connectivity index (χ1v) is 10.6. The molecule has 0 aliphatic carbocycles. The maximum Gasteiger partial charge on any atom is 0.329 e. The van der Waals surface area contributed by atoms with Gasteiger partial charge in [-0.15, -0.1) is 0 Å². The Kier molecular flexibility index (Phi) is 5.07. The second-order valence-corrected chi connectivity index (χ2v) is 7.69. The summed E-state index contributed by atoms with van der Waals surface area (Å²) in [4.78, 5) is 33.5. The minimum atomic E-state index is -0.355. The molecule has 7 heteroatoms. The van der Waals surface area contributed by atoms with Crippen LogP contribution in [0.15, 0.2) is 83.9 Å². The van der Waals surface area contributed by atoms with Gasteiger partial charge in [-0.1, -0.05) is 48.5 Å². The van der Waals surface area contributed by atoms with Crippen molar-refractivity contribution in [3.8, 4) is 0 Å². The number of aromatic nitrogens is 4. The van der Waals surface area contributed by atoms with Crippen molar-refractivity contribution >= 4 is 28.0 Å². The first kappa shape index (κ1) is 19.8. The Morgan fingerprint density at radius 1 is 0.969 bits per heavy atom. The van der Waals surface area contributed by atoms with E-state index in [0.717, 1.165) is 33.2 Å². The Balaban J connectivity index is 1.49. The van der Waals surface area contributed by atoms with Crippen LogP contribution in [-0.2, 0) is 17.9 Å². The number of rotatable bonds is 6. The summed E-state index contributed by atoms with van der Waals surface area (Å²) in [5, 5.41) is 3.13. The number of imidazole rings is 2. The third kappa shape index (κ3) is 3.47. The topological polar surface area (TPSA) is 84.7 Å². The van der Waals surface area contributed by atoms with Gasteiger partial charge in [0.15, 0.2) is 0 Å². The second kappa shape index (κ2) is 8.19. The summed E-state index contributed by atoms with van der Waals surface area (Å²) in [6.45, 7) is 2.42. The van der Waals surface area contributed by atoms with Crippen molar-refractivity contribution in [1.29, 1.82) is 0 Å². The van der Waals surface area contributed by atoms with Crippen molar-refractivity contribution in [3.63, 3.8) is 0 Å². The maximum absolute atomic E-state index is 13.2. The molecule has 1 amide bonds. The number of hydrogen-bond donors (Lipinski definition) is 2. The largest absolute Gasteiger partial charge is 0.345 e. The van der Waals surface area contributed by atoms with E-state index in [1.807, 2.05) is 79.7 Å². The Morgan fingerprint density at radius 3 is 2.44 bits per heavy atom. The summed E-state index contributed by atoms with van der Waals surface area (Å²) in [5.74, 6) is -0.232. The highest BCUT2D eigenvalue weighted by Gasteiger charge is 2.20. The van der Waals surface area contributed by atoms with Crippen LogP contribution < -0.4 is 11.0 Å². The molecule has 0 fully saturated rings. The SMILES string of the molecule is CCn1c(=O)n(CC(=O)N[C@@H](c2ccccc2)c2ccc3nc[nH]c3c2)c2ccccc21. The van der Waals surface area contributed by atoms with Gasteiger partial charge in [0, 0.05) is 6.54 Å². The molecule has 3 aromatic carbocycles. The molecule has 7 nitrogen and oxygen atoms in total. The number of para-hydroxylation sites is 2. The van der Waals surface area contributed by atoms with E-state index < -0.39 is 0 Å². The number of hydrogen-bond acceptors (Lipinski definition) is 3. The van der Waals surface area contributed by atoms with Gasteiger partial charge in [0.25, 0.3) is 0 Å². The van der Waals surface area contributed by atoms with E-state index in [1.54, 1.807) is 10.9 Å². The number of carbonyl (C=O) groups excluding carboxylic acids is 1. The Bertz CT molecular complexity index is 1460. The van der Waals surface area contributed by atoms with Gasteiger partial charge < -0.3 is 10.3 Å². The fourth-order valence-electron chi connectivity index (χ4n) is 4.22.